The van der Waals surface area contributed by atoms with Crippen LogP contribution in [-0.2, 0) is 11.3 Å². The highest BCUT2D eigenvalue weighted by atomic mass is 16.5. The molecule has 0 unspecified atom stereocenters. The lowest BCUT2D eigenvalue weighted by Crippen LogP contribution is -2.41. The maximum Gasteiger partial charge on any atom is 0.321 e. The second kappa shape index (κ2) is 9.77. The van der Waals surface area contributed by atoms with E-state index in [9.17, 15) is 9.59 Å². The van der Waals surface area contributed by atoms with Crippen LogP contribution in [0.25, 0.3) is 0 Å². The van der Waals surface area contributed by atoms with Crippen molar-refractivity contribution in [3.8, 4) is 5.75 Å². The Morgan fingerprint density at radius 1 is 1.29 bits per heavy atom. The fourth-order valence-corrected chi connectivity index (χ4v) is 1.68. The summed E-state index contributed by atoms with van der Waals surface area (Å²) in [6, 6.07) is 6.96. The van der Waals surface area contributed by atoms with Gasteiger partial charge >= 0.3 is 6.03 Å². The Bertz CT molecular complexity index is 463. The van der Waals surface area contributed by atoms with Gasteiger partial charge in [0.25, 0.3) is 5.91 Å². The van der Waals surface area contributed by atoms with Crippen LogP contribution in [0.1, 0.15) is 25.3 Å². The zero-order valence-corrected chi connectivity index (χ0v) is 12.6. The molecule has 116 valence electrons. The number of carbonyl (C=O) groups is 2. The van der Waals surface area contributed by atoms with Crippen LogP contribution in [0.5, 0.6) is 5.75 Å². The molecule has 3 amide bonds. The van der Waals surface area contributed by atoms with E-state index in [1.54, 1.807) is 6.07 Å². The molecule has 0 radical (unpaired) electrons. The van der Waals surface area contributed by atoms with E-state index >= 15 is 0 Å². The molecule has 1 aromatic carbocycles. The van der Waals surface area contributed by atoms with Crippen LogP contribution < -0.4 is 20.7 Å². The van der Waals surface area contributed by atoms with E-state index in [1.807, 2.05) is 32.2 Å². The molecule has 0 aliphatic carbocycles. The topological polar surface area (TPSA) is 79.5 Å². The van der Waals surface area contributed by atoms with Crippen molar-refractivity contribution >= 4 is 11.9 Å². The summed E-state index contributed by atoms with van der Waals surface area (Å²) in [5.74, 6) is 0.132. The molecule has 0 fully saturated rings. The van der Waals surface area contributed by atoms with Gasteiger partial charge in [0.2, 0.25) is 0 Å². The molecule has 0 saturated carbocycles. The molecule has 6 nitrogen and oxygen atoms in total. The molecule has 0 heterocycles. The van der Waals surface area contributed by atoms with E-state index in [4.69, 9.17) is 4.74 Å². The number of imide groups is 1. The van der Waals surface area contributed by atoms with E-state index < -0.39 is 11.9 Å². The fraction of sp³-hybridized carbons (Fsp3) is 0.467. The Kier molecular flexibility index (Phi) is 7.89. The van der Waals surface area contributed by atoms with Gasteiger partial charge in [-0.05, 0) is 31.2 Å². The van der Waals surface area contributed by atoms with Crippen molar-refractivity contribution < 1.29 is 14.3 Å². The Balaban J connectivity index is 2.32. The molecule has 0 spiro atoms. The number of benzene rings is 1. The summed E-state index contributed by atoms with van der Waals surface area (Å²) in [7, 11) is 1.86. The highest BCUT2D eigenvalue weighted by Crippen LogP contribution is 2.12. The van der Waals surface area contributed by atoms with E-state index in [0.29, 0.717) is 12.3 Å². The molecular formula is C15H23N3O3. The molecule has 0 aromatic heterocycles. The predicted molar refractivity (Wildman–Crippen MR) is 81.2 cm³/mol. The minimum atomic E-state index is -0.485. The molecule has 21 heavy (non-hydrogen) atoms. The lowest BCUT2D eigenvalue weighted by molar-refractivity contribution is -0.122. The number of hydrogen-bond acceptors (Lipinski definition) is 4. The quantitative estimate of drug-likeness (QED) is 0.633. The summed E-state index contributed by atoms with van der Waals surface area (Å²) < 4.78 is 5.36. The summed E-state index contributed by atoms with van der Waals surface area (Å²) in [5.41, 5.74) is 1.06. The number of nitrogens with one attached hydrogen (secondary N) is 3. The van der Waals surface area contributed by atoms with Gasteiger partial charge < -0.3 is 15.4 Å². The Morgan fingerprint density at radius 3 is 2.81 bits per heavy atom. The number of hydrogen-bond donors (Lipinski definition) is 3. The minimum absolute atomic E-state index is 0.190. The van der Waals surface area contributed by atoms with Crippen LogP contribution in [-0.4, -0.2) is 32.1 Å². The van der Waals surface area contributed by atoms with Gasteiger partial charge in [-0.2, -0.15) is 0 Å². The first-order valence-corrected chi connectivity index (χ1v) is 7.09. The normalized spacial score (nSPS) is 10.0. The molecular weight excluding hydrogens is 270 g/mol. The van der Waals surface area contributed by atoms with Gasteiger partial charge in [0.15, 0.2) is 6.61 Å². The third-order valence-electron chi connectivity index (χ3n) is 2.72. The number of carbonyl (C=O) groups excluding carboxylic acids is 2. The largest absolute Gasteiger partial charge is 0.484 e. The van der Waals surface area contributed by atoms with Crippen molar-refractivity contribution in [2.24, 2.45) is 0 Å². The molecule has 0 bridgehead atoms. The van der Waals surface area contributed by atoms with Crippen molar-refractivity contribution in [2.45, 2.75) is 26.3 Å². The first kappa shape index (κ1) is 17.0. The maximum absolute atomic E-state index is 11.6. The summed E-state index contributed by atoms with van der Waals surface area (Å²) >= 11 is 0. The smallest absolute Gasteiger partial charge is 0.321 e. The lowest BCUT2D eigenvalue weighted by Gasteiger charge is -2.09. The average Bonchev–Trinajstić information content (AvgIpc) is 2.46. The highest BCUT2D eigenvalue weighted by molar-refractivity contribution is 5.94. The van der Waals surface area contributed by atoms with Crippen molar-refractivity contribution in [2.75, 3.05) is 20.2 Å². The molecule has 1 aromatic rings. The van der Waals surface area contributed by atoms with Crippen LogP contribution in [0, 0.1) is 0 Å². The monoisotopic (exact) mass is 293 g/mol. The SMILES string of the molecule is CCCCNC(=O)NC(=O)COc1cccc(CNC)c1. The van der Waals surface area contributed by atoms with Gasteiger partial charge in [-0.1, -0.05) is 25.5 Å². The van der Waals surface area contributed by atoms with E-state index in [2.05, 4.69) is 16.0 Å². The third-order valence-corrected chi connectivity index (χ3v) is 2.72. The van der Waals surface area contributed by atoms with Gasteiger partial charge in [-0.3, -0.25) is 10.1 Å². The van der Waals surface area contributed by atoms with Gasteiger partial charge in [-0.25, -0.2) is 4.79 Å². The molecule has 0 saturated heterocycles. The molecule has 0 aliphatic heterocycles. The minimum Gasteiger partial charge on any atom is -0.484 e. The Hall–Kier alpha value is -2.08. The summed E-state index contributed by atoms with van der Waals surface area (Å²) in [6.45, 7) is 3.12. The van der Waals surface area contributed by atoms with Gasteiger partial charge in [0, 0.05) is 13.1 Å². The molecule has 1 rings (SSSR count). The summed E-state index contributed by atoms with van der Waals surface area (Å²) in [6.07, 6.45) is 1.87. The number of rotatable bonds is 8. The standard InChI is InChI=1S/C15H23N3O3/c1-3-4-8-17-15(20)18-14(19)11-21-13-7-5-6-12(9-13)10-16-2/h5-7,9,16H,3-4,8,10-11H2,1-2H3,(H2,17,18,19,20). The van der Waals surface area contributed by atoms with Crippen molar-refractivity contribution in [1.82, 2.24) is 16.0 Å². The van der Waals surface area contributed by atoms with E-state index in [1.165, 1.54) is 0 Å². The molecule has 3 N–H and O–H groups in total. The van der Waals surface area contributed by atoms with Crippen LogP contribution in [0.2, 0.25) is 0 Å². The second-order valence-electron chi connectivity index (χ2n) is 4.62. The van der Waals surface area contributed by atoms with Crippen LogP contribution in [0.3, 0.4) is 0 Å². The highest BCUT2D eigenvalue weighted by Gasteiger charge is 2.07. The fourth-order valence-electron chi connectivity index (χ4n) is 1.68. The van der Waals surface area contributed by atoms with Crippen molar-refractivity contribution in [1.29, 1.82) is 0 Å². The third kappa shape index (κ3) is 7.31. The first-order chi connectivity index (χ1) is 10.2. The Morgan fingerprint density at radius 2 is 2.10 bits per heavy atom. The molecule has 6 heteroatoms. The van der Waals surface area contributed by atoms with Crippen LogP contribution in [0.4, 0.5) is 4.79 Å². The van der Waals surface area contributed by atoms with Gasteiger partial charge in [0.05, 0.1) is 0 Å². The second-order valence-corrected chi connectivity index (χ2v) is 4.62. The average molecular weight is 293 g/mol. The summed E-state index contributed by atoms with van der Waals surface area (Å²) in [5, 5.41) is 7.87. The first-order valence-electron chi connectivity index (χ1n) is 7.09. The van der Waals surface area contributed by atoms with Gasteiger partial charge in [0.1, 0.15) is 5.75 Å². The maximum atomic E-state index is 11.6. The van der Waals surface area contributed by atoms with E-state index in [0.717, 1.165) is 24.9 Å². The molecule has 0 atom stereocenters. The summed E-state index contributed by atoms with van der Waals surface area (Å²) in [4.78, 5) is 22.9. The number of unbranched alkanes of at least 4 members (excludes halogenated alkanes) is 1. The van der Waals surface area contributed by atoms with Gasteiger partial charge in [-0.15, -0.1) is 0 Å². The predicted octanol–water partition coefficient (Wildman–Crippen LogP) is 1.41. The van der Waals surface area contributed by atoms with Crippen molar-refractivity contribution in [3.63, 3.8) is 0 Å². The zero-order valence-electron chi connectivity index (χ0n) is 12.6. The Labute approximate surface area is 125 Å². The number of ether oxygens (including phenoxy) is 1. The zero-order chi connectivity index (χ0) is 15.5. The van der Waals surface area contributed by atoms with Crippen LogP contribution in [0.15, 0.2) is 24.3 Å². The van der Waals surface area contributed by atoms with Crippen molar-refractivity contribution in [3.05, 3.63) is 29.8 Å². The number of amides is 3. The lowest BCUT2D eigenvalue weighted by atomic mass is 10.2. The van der Waals surface area contributed by atoms with E-state index in [-0.39, 0.29) is 6.61 Å². The van der Waals surface area contributed by atoms with Crippen LogP contribution >= 0.6 is 0 Å². The number of urea groups is 1. The molecule has 0 aliphatic rings.